The summed E-state index contributed by atoms with van der Waals surface area (Å²) < 4.78 is 11.3. The first-order valence-corrected chi connectivity index (χ1v) is 8.60. The topological polar surface area (TPSA) is 68.9 Å². The van der Waals surface area contributed by atoms with Crippen molar-refractivity contribution in [3.05, 3.63) is 59.2 Å². The van der Waals surface area contributed by atoms with Crippen LogP contribution in [0.3, 0.4) is 0 Å². The smallest absolute Gasteiger partial charge is 0.188 e. The molecular weight excluding hydrogens is 441 g/mol. The van der Waals surface area contributed by atoms with Crippen LogP contribution in [0.25, 0.3) is 0 Å². The number of nitrogens with one attached hydrogen (secondary N) is 1. The minimum Gasteiger partial charge on any atom is -0.496 e. The van der Waals surface area contributed by atoms with Gasteiger partial charge in [0.1, 0.15) is 17.6 Å². The van der Waals surface area contributed by atoms with E-state index in [4.69, 9.17) is 15.2 Å². The normalized spacial score (nSPS) is 15.6. The lowest BCUT2D eigenvalue weighted by atomic mass is 10.1. The Hall–Kier alpha value is -1.96. The lowest BCUT2D eigenvalue weighted by Crippen LogP contribution is -2.33. The van der Waals surface area contributed by atoms with E-state index in [-0.39, 0.29) is 30.1 Å². The SMILES string of the molecule is COc1cc2c(cc1CN=C(N)NCCc1ccccc1)OC(C)C2.I. The zero-order chi connectivity index (χ0) is 17.6. The number of nitrogens with two attached hydrogens (primary N) is 1. The standard InChI is InChI=1S/C20H25N3O2.HI/c1-14-10-16-11-18(24-2)17(12-19(16)25-14)13-23-20(21)22-9-8-15-6-4-3-5-7-15;/h3-7,11-12,14H,8-10,13H2,1-2H3,(H3,21,22,23);1H. The molecule has 0 aliphatic carbocycles. The Morgan fingerprint density at radius 2 is 2.08 bits per heavy atom. The van der Waals surface area contributed by atoms with Gasteiger partial charge in [0.25, 0.3) is 0 Å². The molecule has 2 aromatic rings. The van der Waals surface area contributed by atoms with Crippen molar-refractivity contribution in [2.24, 2.45) is 10.7 Å². The van der Waals surface area contributed by atoms with Gasteiger partial charge < -0.3 is 20.5 Å². The fourth-order valence-electron chi connectivity index (χ4n) is 3.00. The number of rotatable bonds is 6. The molecule has 0 spiro atoms. The van der Waals surface area contributed by atoms with Crippen LogP contribution >= 0.6 is 24.0 Å². The largest absolute Gasteiger partial charge is 0.496 e. The van der Waals surface area contributed by atoms with Crippen molar-refractivity contribution in [3.63, 3.8) is 0 Å². The quantitative estimate of drug-likeness (QED) is 0.389. The van der Waals surface area contributed by atoms with Crippen LogP contribution in [-0.4, -0.2) is 25.7 Å². The second-order valence-corrected chi connectivity index (χ2v) is 6.27. The van der Waals surface area contributed by atoms with Crippen molar-refractivity contribution < 1.29 is 9.47 Å². The van der Waals surface area contributed by atoms with Gasteiger partial charge in [0.2, 0.25) is 0 Å². The highest BCUT2D eigenvalue weighted by Gasteiger charge is 2.21. The maximum absolute atomic E-state index is 5.98. The van der Waals surface area contributed by atoms with Crippen molar-refractivity contribution in [2.45, 2.75) is 32.4 Å². The molecule has 2 aromatic carbocycles. The molecule has 0 saturated carbocycles. The van der Waals surface area contributed by atoms with E-state index in [0.29, 0.717) is 12.5 Å². The zero-order valence-electron chi connectivity index (χ0n) is 15.2. The van der Waals surface area contributed by atoms with Crippen LogP contribution in [0.2, 0.25) is 0 Å². The van der Waals surface area contributed by atoms with Crippen LogP contribution in [0, 0.1) is 0 Å². The van der Waals surface area contributed by atoms with E-state index in [2.05, 4.69) is 29.4 Å². The van der Waals surface area contributed by atoms with E-state index in [1.807, 2.05) is 30.3 Å². The molecule has 0 amide bonds. The number of hydrogen-bond acceptors (Lipinski definition) is 3. The van der Waals surface area contributed by atoms with Gasteiger partial charge in [-0.25, -0.2) is 4.99 Å². The Balaban J connectivity index is 0.00000243. The lowest BCUT2D eigenvalue weighted by molar-refractivity contribution is 0.254. The highest BCUT2D eigenvalue weighted by molar-refractivity contribution is 14.0. The number of hydrogen-bond donors (Lipinski definition) is 2. The molecule has 1 aliphatic rings. The molecule has 0 bridgehead atoms. The summed E-state index contributed by atoms with van der Waals surface area (Å²) >= 11 is 0. The molecule has 0 aromatic heterocycles. The van der Waals surface area contributed by atoms with Gasteiger partial charge in [-0.1, -0.05) is 30.3 Å². The lowest BCUT2D eigenvalue weighted by Gasteiger charge is -2.10. The Bertz CT molecular complexity index is 750. The van der Waals surface area contributed by atoms with E-state index >= 15 is 0 Å². The van der Waals surface area contributed by atoms with Crippen molar-refractivity contribution in [1.29, 1.82) is 0 Å². The third-order valence-electron chi connectivity index (χ3n) is 4.28. The van der Waals surface area contributed by atoms with E-state index in [1.165, 1.54) is 11.1 Å². The Morgan fingerprint density at radius 1 is 1.31 bits per heavy atom. The number of guanidine groups is 1. The highest BCUT2D eigenvalue weighted by Crippen LogP contribution is 2.35. The molecule has 3 rings (SSSR count). The van der Waals surface area contributed by atoms with Gasteiger partial charge in [0.15, 0.2) is 5.96 Å². The molecular formula is C20H26IN3O2. The molecule has 140 valence electrons. The summed E-state index contributed by atoms with van der Waals surface area (Å²) in [4.78, 5) is 4.43. The molecule has 0 fully saturated rings. The number of benzene rings is 2. The van der Waals surface area contributed by atoms with Crippen LogP contribution in [0.4, 0.5) is 0 Å². The summed E-state index contributed by atoms with van der Waals surface area (Å²) in [6.45, 7) is 3.28. The third kappa shape index (κ3) is 5.27. The van der Waals surface area contributed by atoms with Crippen LogP contribution in [-0.2, 0) is 19.4 Å². The zero-order valence-corrected chi connectivity index (χ0v) is 17.5. The second kappa shape index (κ2) is 9.66. The summed E-state index contributed by atoms with van der Waals surface area (Å²) in [6, 6.07) is 14.4. The van der Waals surface area contributed by atoms with Gasteiger partial charge in [-0.3, -0.25) is 0 Å². The molecule has 1 heterocycles. The number of halogens is 1. The van der Waals surface area contributed by atoms with Crippen molar-refractivity contribution >= 4 is 29.9 Å². The van der Waals surface area contributed by atoms with Crippen molar-refractivity contribution in [3.8, 4) is 11.5 Å². The average Bonchev–Trinajstić information content (AvgIpc) is 2.98. The minimum atomic E-state index is 0. The molecule has 0 radical (unpaired) electrons. The molecule has 6 heteroatoms. The second-order valence-electron chi connectivity index (χ2n) is 6.27. The van der Waals surface area contributed by atoms with Crippen molar-refractivity contribution in [1.82, 2.24) is 5.32 Å². The summed E-state index contributed by atoms with van der Waals surface area (Å²) in [5.41, 5.74) is 9.41. The van der Waals surface area contributed by atoms with Crippen LogP contribution in [0.15, 0.2) is 47.5 Å². The number of nitrogens with zero attached hydrogens (tertiary/aromatic N) is 1. The Labute approximate surface area is 172 Å². The van der Waals surface area contributed by atoms with Crippen LogP contribution < -0.4 is 20.5 Å². The minimum absolute atomic E-state index is 0. The average molecular weight is 467 g/mol. The number of methoxy groups -OCH3 is 1. The van der Waals surface area contributed by atoms with Gasteiger partial charge in [0, 0.05) is 24.1 Å². The Morgan fingerprint density at radius 3 is 2.81 bits per heavy atom. The van der Waals surface area contributed by atoms with Gasteiger partial charge >= 0.3 is 0 Å². The van der Waals surface area contributed by atoms with Gasteiger partial charge in [0.05, 0.1) is 13.7 Å². The van der Waals surface area contributed by atoms with E-state index in [0.717, 1.165) is 36.4 Å². The van der Waals surface area contributed by atoms with Gasteiger partial charge in [-0.2, -0.15) is 0 Å². The van der Waals surface area contributed by atoms with Crippen molar-refractivity contribution in [2.75, 3.05) is 13.7 Å². The van der Waals surface area contributed by atoms with E-state index in [9.17, 15) is 0 Å². The highest BCUT2D eigenvalue weighted by atomic mass is 127. The first kappa shape index (κ1) is 20.4. The molecule has 26 heavy (non-hydrogen) atoms. The molecule has 1 atom stereocenters. The fraction of sp³-hybridized carbons (Fsp3) is 0.350. The summed E-state index contributed by atoms with van der Waals surface area (Å²) in [6.07, 6.45) is 2.03. The summed E-state index contributed by atoms with van der Waals surface area (Å²) in [5, 5.41) is 3.15. The fourth-order valence-corrected chi connectivity index (χ4v) is 3.00. The monoisotopic (exact) mass is 467 g/mol. The maximum atomic E-state index is 5.98. The molecule has 5 nitrogen and oxygen atoms in total. The number of aliphatic imine (C=N–C) groups is 1. The molecule has 3 N–H and O–H groups in total. The van der Waals surface area contributed by atoms with Gasteiger partial charge in [-0.05, 0) is 31.0 Å². The summed E-state index contributed by atoms with van der Waals surface area (Å²) in [7, 11) is 1.68. The van der Waals surface area contributed by atoms with E-state index < -0.39 is 0 Å². The first-order chi connectivity index (χ1) is 12.2. The first-order valence-electron chi connectivity index (χ1n) is 8.60. The van der Waals surface area contributed by atoms with E-state index in [1.54, 1.807) is 7.11 Å². The molecule has 0 saturated heterocycles. The molecule has 1 unspecified atom stereocenters. The maximum Gasteiger partial charge on any atom is 0.188 e. The third-order valence-corrected chi connectivity index (χ3v) is 4.28. The summed E-state index contributed by atoms with van der Waals surface area (Å²) in [5.74, 6) is 2.19. The predicted molar refractivity (Wildman–Crippen MR) is 116 cm³/mol. The molecule has 1 aliphatic heterocycles. The Kier molecular flexibility index (Phi) is 7.56. The van der Waals surface area contributed by atoms with Crippen LogP contribution in [0.1, 0.15) is 23.6 Å². The predicted octanol–water partition coefficient (Wildman–Crippen LogP) is 3.28. The number of ether oxygens (including phenoxy) is 2. The van der Waals surface area contributed by atoms with Gasteiger partial charge in [-0.15, -0.1) is 24.0 Å². The number of fused-ring (bicyclic) bond motifs is 1. The van der Waals surface area contributed by atoms with Crippen LogP contribution in [0.5, 0.6) is 11.5 Å².